The molecule has 0 aliphatic heterocycles. The van der Waals surface area contributed by atoms with Gasteiger partial charge < -0.3 is 17.0 Å². The maximum atomic E-state index is 13.2. The summed E-state index contributed by atoms with van der Waals surface area (Å²) in [5.41, 5.74) is 5.83. The number of benzene rings is 6. The second kappa shape index (κ2) is 20.9. The van der Waals surface area contributed by atoms with E-state index >= 15 is 0 Å². The molecule has 0 aliphatic rings. The topological polar surface area (TPSA) is 0 Å². The largest absolute Gasteiger partial charge is 2.00 e. The van der Waals surface area contributed by atoms with Gasteiger partial charge in [0.05, 0.1) is 5.03 Å². The van der Waals surface area contributed by atoms with Crippen molar-refractivity contribution in [3.63, 3.8) is 0 Å². The van der Waals surface area contributed by atoms with Crippen LogP contribution in [0.1, 0.15) is 27.8 Å². The van der Waals surface area contributed by atoms with Gasteiger partial charge in [-0.3, -0.25) is 0 Å². The third kappa shape index (κ3) is 12.9. The second-order valence-electron chi connectivity index (χ2n) is 9.13. The molecule has 0 nitrogen and oxygen atoms in total. The van der Waals surface area contributed by atoms with Crippen molar-refractivity contribution in [2.75, 3.05) is 0 Å². The maximum absolute atomic E-state index is 13.2. The van der Waals surface area contributed by atoms with Gasteiger partial charge in [-0.25, -0.2) is 8.78 Å². The van der Waals surface area contributed by atoms with E-state index in [1.807, 2.05) is 121 Å². The molecule has 5 heteroatoms. The Morgan fingerprint density at radius 1 is 0.467 bits per heavy atom. The second-order valence-corrected chi connectivity index (χ2v) is 9.51. The zero-order valence-electron chi connectivity index (χ0n) is 24.4. The molecule has 218 valence electrons. The number of hydrogen-bond donors (Lipinski definition) is 0. The fourth-order valence-corrected chi connectivity index (χ4v) is 4.27. The summed E-state index contributed by atoms with van der Waals surface area (Å²) in [5.74, 6) is 5.75. The summed E-state index contributed by atoms with van der Waals surface area (Å²) in [5, 5.41) is 0.651. The summed E-state index contributed by atoms with van der Waals surface area (Å²) in [6.45, 7) is 0. The quantitative estimate of drug-likeness (QED) is 0.0793. The van der Waals surface area contributed by atoms with Crippen LogP contribution in [0.4, 0.5) is 8.78 Å². The normalized spacial score (nSPS) is 9.93. The molecule has 6 aromatic carbocycles. The van der Waals surface area contributed by atoms with E-state index in [0.29, 0.717) is 5.03 Å². The van der Waals surface area contributed by atoms with Gasteiger partial charge in [0.1, 0.15) is 5.82 Å². The minimum absolute atomic E-state index is 0. The molecule has 0 aromatic heterocycles. The van der Waals surface area contributed by atoms with E-state index in [4.69, 9.17) is 11.6 Å². The third-order valence-corrected chi connectivity index (χ3v) is 6.43. The van der Waals surface area contributed by atoms with Gasteiger partial charge in [0, 0.05) is 22.5 Å². The minimum atomic E-state index is -0.257. The first kappa shape index (κ1) is 37.2. The van der Waals surface area contributed by atoms with Crippen molar-refractivity contribution in [3.05, 3.63) is 215 Å². The van der Waals surface area contributed by atoms with E-state index in [-0.39, 0.29) is 51.7 Å². The van der Waals surface area contributed by atoms with Gasteiger partial charge in [-0.05, 0) is 53.1 Å². The van der Waals surface area contributed by atoms with Crippen LogP contribution in [-0.2, 0) is 0 Å². The Balaban J connectivity index is 0.000000262. The molecule has 0 unspecified atom stereocenters. The standard InChI is InChI=1S/C20H14ClF.C14H10.C6H4F.BrH.Mg/c21-20(17-9-5-2-6-10-17)19(15-7-3-1-4-8-15)16-11-13-18(22)14-12-16;1-3-7-13(8-4-1)11-12-14-9-5-2-6-10-14;7-6-4-2-1-3-5-6;;/h1-14H;1-10H;2-5H;1H;/q;;-1;;+2/p-1/b20-19-;;;;. The van der Waals surface area contributed by atoms with Crippen molar-refractivity contribution in [2.24, 2.45) is 0 Å². The maximum Gasteiger partial charge on any atom is 2.00 e. The van der Waals surface area contributed by atoms with E-state index in [1.54, 1.807) is 12.1 Å². The van der Waals surface area contributed by atoms with Gasteiger partial charge in [0.15, 0.2) is 0 Å². The summed E-state index contributed by atoms with van der Waals surface area (Å²) >= 11 is 6.67. The molecule has 0 bridgehead atoms. The predicted octanol–water partition coefficient (Wildman–Crippen LogP) is 7.32. The summed E-state index contributed by atoms with van der Waals surface area (Å²) in [4.78, 5) is 0. The van der Waals surface area contributed by atoms with Crippen LogP contribution in [0.25, 0.3) is 10.6 Å². The van der Waals surface area contributed by atoms with Crippen LogP contribution in [0.2, 0.25) is 0 Å². The SMILES string of the molecule is C(#Cc1ccccc1)c1ccccc1.Fc1cc[c-]cc1.Fc1ccc(/C(=C(\Cl)c2ccccc2)c2ccccc2)cc1.[Br-].[Mg+2]. The van der Waals surface area contributed by atoms with Crippen molar-refractivity contribution in [2.45, 2.75) is 0 Å². The first-order chi connectivity index (χ1) is 21.1. The van der Waals surface area contributed by atoms with Crippen LogP contribution in [-0.4, -0.2) is 23.1 Å². The third-order valence-electron chi connectivity index (χ3n) is 6.02. The average molecular weight is 686 g/mol. The molecule has 0 atom stereocenters. The van der Waals surface area contributed by atoms with Crippen LogP contribution < -0.4 is 17.0 Å². The van der Waals surface area contributed by atoms with Crippen LogP contribution in [0.3, 0.4) is 0 Å². The number of halogens is 4. The van der Waals surface area contributed by atoms with E-state index < -0.39 is 0 Å². The van der Waals surface area contributed by atoms with Crippen LogP contribution in [0.5, 0.6) is 0 Å². The van der Waals surface area contributed by atoms with Crippen molar-refractivity contribution < 1.29 is 25.8 Å². The molecule has 6 aromatic rings. The molecular formula is C40H28BrClF2Mg. The van der Waals surface area contributed by atoms with E-state index in [0.717, 1.165) is 33.4 Å². The fourth-order valence-electron chi connectivity index (χ4n) is 3.92. The molecule has 0 aliphatic carbocycles. The molecule has 0 amide bonds. The zero-order valence-corrected chi connectivity index (χ0v) is 28.1. The van der Waals surface area contributed by atoms with Gasteiger partial charge in [-0.2, -0.15) is 18.2 Å². The predicted molar refractivity (Wildman–Crippen MR) is 181 cm³/mol. The Kier molecular flexibility index (Phi) is 17.3. The smallest absolute Gasteiger partial charge is 1.00 e. The Bertz CT molecular complexity index is 1710. The number of rotatable bonds is 3. The molecule has 0 saturated heterocycles. The zero-order chi connectivity index (χ0) is 30.1. The number of hydrogen-bond acceptors (Lipinski definition) is 0. The van der Waals surface area contributed by atoms with E-state index in [2.05, 4.69) is 17.9 Å². The molecule has 0 saturated carbocycles. The first-order valence-electron chi connectivity index (χ1n) is 13.6. The minimum Gasteiger partial charge on any atom is -1.00 e. The Hall–Kier alpha value is -3.98. The van der Waals surface area contributed by atoms with Gasteiger partial charge in [-0.1, -0.05) is 133 Å². The summed E-state index contributed by atoms with van der Waals surface area (Å²) in [6, 6.07) is 54.6. The van der Waals surface area contributed by atoms with Gasteiger partial charge in [0.2, 0.25) is 0 Å². The van der Waals surface area contributed by atoms with Gasteiger partial charge in [-0.15, -0.1) is 12.1 Å². The molecule has 0 fully saturated rings. The van der Waals surface area contributed by atoms with Crippen LogP contribution in [0.15, 0.2) is 170 Å². The molecule has 0 spiro atoms. The fraction of sp³-hybridized carbons (Fsp3) is 0. The Morgan fingerprint density at radius 2 is 0.822 bits per heavy atom. The van der Waals surface area contributed by atoms with Crippen molar-refractivity contribution in [3.8, 4) is 11.8 Å². The van der Waals surface area contributed by atoms with E-state index in [9.17, 15) is 8.78 Å². The van der Waals surface area contributed by atoms with Crippen molar-refractivity contribution in [1.29, 1.82) is 0 Å². The first-order valence-corrected chi connectivity index (χ1v) is 14.0. The molecule has 6 rings (SSSR count). The Labute approximate surface area is 296 Å². The van der Waals surface area contributed by atoms with Gasteiger partial charge >= 0.3 is 23.1 Å². The van der Waals surface area contributed by atoms with Crippen LogP contribution >= 0.6 is 11.6 Å². The van der Waals surface area contributed by atoms with Gasteiger partial charge in [0.25, 0.3) is 0 Å². The molecule has 0 N–H and O–H groups in total. The van der Waals surface area contributed by atoms with E-state index in [1.165, 1.54) is 36.4 Å². The summed E-state index contributed by atoms with van der Waals surface area (Å²) < 4.78 is 25.1. The molecular weight excluding hydrogens is 658 g/mol. The summed E-state index contributed by atoms with van der Waals surface area (Å²) in [6.07, 6.45) is 0. The molecule has 0 heterocycles. The van der Waals surface area contributed by atoms with Crippen molar-refractivity contribution >= 4 is 45.3 Å². The molecule has 45 heavy (non-hydrogen) atoms. The Morgan fingerprint density at radius 3 is 1.22 bits per heavy atom. The van der Waals surface area contributed by atoms with Crippen molar-refractivity contribution in [1.82, 2.24) is 0 Å². The summed E-state index contributed by atoms with van der Waals surface area (Å²) in [7, 11) is 0. The monoisotopic (exact) mass is 684 g/mol. The average Bonchev–Trinajstić information content (AvgIpc) is 3.08. The van der Waals surface area contributed by atoms with Crippen LogP contribution in [0, 0.1) is 29.5 Å². The molecule has 0 radical (unpaired) electrons.